The summed E-state index contributed by atoms with van der Waals surface area (Å²) in [5.74, 6) is -1.13. The van der Waals surface area contributed by atoms with Crippen molar-refractivity contribution in [1.29, 1.82) is 0 Å². The molecular formula is C19H20F2N4O5S. The minimum absolute atomic E-state index is 0.0910. The molecule has 5 rings (SSSR count). The van der Waals surface area contributed by atoms with Gasteiger partial charge in [-0.2, -0.15) is 13.1 Å². The van der Waals surface area contributed by atoms with Gasteiger partial charge in [0, 0.05) is 30.8 Å². The number of ether oxygens (including phenoxy) is 1. The first kappa shape index (κ1) is 20.5. The van der Waals surface area contributed by atoms with E-state index in [1.54, 1.807) is 17.0 Å². The number of halogens is 2. The molecule has 166 valence electrons. The molecule has 9 nitrogen and oxygen atoms in total. The SMILES string of the molecule is O=C1c2cc(-c3nnc(C(F)F)o3)ccc2CN1C[C@H]1COCCN1S(=O)(=O)C1CC1. The van der Waals surface area contributed by atoms with Crippen LogP contribution in [-0.2, 0) is 21.3 Å². The predicted octanol–water partition coefficient (Wildman–Crippen LogP) is 1.82. The number of benzene rings is 1. The molecule has 12 heteroatoms. The van der Waals surface area contributed by atoms with Gasteiger partial charge in [-0.1, -0.05) is 6.07 Å². The van der Waals surface area contributed by atoms with E-state index in [0.717, 1.165) is 5.56 Å². The molecule has 3 aliphatic rings. The molecule has 2 fully saturated rings. The van der Waals surface area contributed by atoms with Gasteiger partial charge in [-0.05, 0) is 30.5 Å². The topological polar surface area (TPSA) is 106 Å². The highest BCUT2D eigenvalue weighted by Gasteiger charge is 2.45. The van der Waals surface area contributed by atoms with Gasteiger partial charge >= 0.3 is 6.43 Å². The van der Waals surface area contributed by atoms with Gasteiger partial charge in [0.25, 0.3) is 11.8 Å². The monoisotopic (exact) mass is 454 g/mol. The number of hydrogen-bond donors (Lipinski definition) is 0. The number of aromatic nitrogens is 2. The lowest BCUT2D eigenvalue weighted by Crippen LogP contribution is -2.54. The minimum atomic E-state index is -3.39. The fourth-order valence-corrected chi connectivity index (χ4v) is 6.00. The molecule has 2 aliphatic heterocycles. The van der Waals surface area contributed by atoms with Gasteiger partial charge < -0.3 is 14.1 Å². The van der Waals surface area contributed by atoms with E-state index in [4.69, 9.17) is 9.15 Å². The standard InChI is InChI=1S/C19H20F2N4O5S/c20-16(21)18-23-22-17(30-18)11-1-2-12-8-24(19(26)15(12)7-11)9-13-10-29-6-5-25(13)31(27,28)14-3-4-14/h1-2,7,13-14,16H,3-6,8-10H2/t13-/m0/s1. The van der Waals surface area contributed by atoms with Crippen molar-refractivity contribution in [2.24, 2.45) is 0 Å². The lowest BCUT2D eigenvalue weighted by molar-refractivity contribution is 0.0183. The van der Waals surface area contributed by atoms with Crippen molar-refractivity contribution in [3.63, 3.8) is 0 Å². The molecule has 1 saturated heterocycles. The van der Waals surface area contributed by atoms with Crippen molar-refractivity contribution in [1.82, 2.24) is 19.4 Å². The number of amides is 1. The lowest BCUT2D eigenvalue weighted by atomic mass is 10.1. The van der Waals surface area contributed by atoms with Crippen molar-refractivity contribution in [2.75, 3.05) is 26.3 Å². The molecule has 3 heterocycles. The number of alkyl halides is 2. The van der Waals surface area contributed by atoms with Crippen LogP contribution in [0.3, 0.4) is 0 Å². The summed E-state index contributed by atoms with van der Waals surface area (Å²) in [6.45, 7) is 1.39. The fraction of sp³-hybridized carbons (Fsp3) is 0.526. The average molecular weight is 454 g/mol. The number of nitrogens with zero attached hydrogens (tertiary/aromatic N) is 4. The zero-order valence-electron chi connectivity index (χ0n) is 16.4. The van der Waals surface area contributed by atoms with Gasteiger partial charge in [-0.15, -0.1) is 10.2 Å². The number of morpholine rings is 1. The van der Waals surface area contributed by atoms with E-state index >= 15 is 0 Å². The van der Waals surface area contributed by atoms with Crippen LogP contribution >= 0.6 is 0 Å². The Bertz CT molecular complexity index is 1120. The first-order chi connectivity index (χ1) is 14.8. The Labute approximate surface area is 177 Å². The Kier molecular flexibility index (Phi) is 5.02. The Morgan fingerprint density at radius 2 is 2.03 bits per heavy atom. The summed E-state index contributed by atoms with van der Waals surface area (Å²) in [5.41, 5.74) is 1.53. The Hall–Kier alpha value is -2.44. The molecule has 0 unspecified atom stereocenters. The zero-order valence-corrected chi connectivity index (χ0v) is 17.2. The third-order valence-electron chi connectivity index (χ3n) is 5.74. The summed E-state index contributed by atoms with van der Waals surface area (Å²) < 4.78 is 62.9. The maximum absolute atomic E-state index is 13.0. The highest BCUT2D eigenvalue weighted by molar-refractivity contribution is 7.90. The molecule has 0 radical (unpaired) electrons. The van der Waals surface area contributed by atoms with Crippen LogP contribution in [0.1, 0.15) is 41.1 Å². The summed E-state index contributed by atoms with van der Waals surface area (Å²) in [5, 5.41) is 6.60. The highest BCUT2D eigenvalue weighted by atomic mass is 32.2. The lowest BCUT2D eigenvalue weighted by Gasteiger charge is -2.36. The molecule has 0 N–H and O–H groups in total. The highest BCUT2D eigenvalue weighted by Crippen LogP contribution is 2.34. The number of carbonyl (C=O) groups excluding carboxylic acids is 1. The Morgan fingerprint density at radius 3 is 2.74 bits per heavy atom. The number of carbonyl (C=O) groups is 1. The normalized spacial score (nSPS) is 22.4. The molecular weight excluding hydrogens is 434 g/mol. The number of rotatable bonds is 6. The predicted molar refractivity (Wildman–Crippen MR) is 103 cm³/mol. The van der Waals surface area contributed by atoms with Gasteiger partial charge in [0.1, 0.15) is 0 Å². The summed E-state index contributed by atoms with van der Waals surface area (Å²) >= 11 is 0. The van der Waals surface area contributed by atoms with Crippen LogP contribution in [0.4, 0.5) is 8.78 Å². The van der Waals surface area contributed by atoms with Crippen LogP contribution in [0, 0.1) is 0 Å². The summed E-state index contributed by atoms with van der Waals surface area (Å²) in [4.78, 5) is 14.6. The Morgan fingerprint density at radius 1 is 1.23 bits per heavy atom. The average Bonchev–Trinajstić information content (AvgIpc) is 3.43. The quantitative estimate of drug-likeness (QED) is 0.656. The minimum Gasteiger partial charge on any atom is -0.415 e. The fourth-order valence-electron chi connectivity index (χ4n) is 4.01. The maximum Gasteiger partial charge on any atom is 0.314 e. The van der Waals surface area contributed by atoms with Crippen molar-refractivity contribution in [3.8, 4) is 11.5 Å². The van der Waals surface area contributed by atoms with Crippen LogP contribution in [0.15, 0.2) is 22.6 Å². The third-order valence-corrected chi connectivity index (χ3v) is 8.19. The third kappa shape index (κ3) is 3.72. The number of hydrogen-bond acceptors (Lipinski definition) is 7. The summed E-state index contributed by atoms with van der Waals surface area (Å²) in [6, 6.07) is 4.44. The second-order valence-corrected chi connectivity index (χ2v) is 10.1. The van der Waals surface area contributed by atoms with Crippen LogP contribution < -0.4 is 0 Å². The van der Waals surface area contributed by atoms with Crippen molar-refractivity contribution < 1.29 is 31.1 Å². The second-order valence-electron chi connectivity index (χ2n) is 7.89. The van der Waals surface area contributed by atoms with E-state index in [9.17, 15) is 22.0 Å². The van der Waals surface area contributed by atoms with Gasteiger partial charge in [-0.3, -0.25) is 4.79 Å². The number of fused-ring (bicyclic) bond motifs is 1. The smallest absolute Gasteiger partial charge is 0.314 e. The molecule has 1 aromatic carbocycles. The largest absolute Gasteiger partial charge is 0.415 e. The van der Waals surface area contributed by atoms with E-state index in [1.807, 2.05) is 0 Å². The van der Waals surface area contributed by atoms with Crippen molar-refractivity contribution >= 4 is 15.9 Å². The van der Waals surface area contributed by atoms with E-state index in [2.05, 4.69) is 10.2 Å². The molecule has 1 amide bonds. The molecule has 1 atom stereocenters. The van der Waals surface area contributed by atoms with Crippen molar-refractivity contribution in [3.05, 3.63) is 35.2 Å². The molecule has 1 saturated carbocycles. The van der Waals surface area contributed by atoms with Crippen LogP contribution in [0.5, 0.6) is 0 Å². The summed E-state index contributed by atoms with van der Waals surface area (Å²) in [6.07, 6.45) is -1.53. The van der Waals surface area contributed by atoms with Crippen LogP contribution in [0.25, 0.3) is 11.5 Å². The Balaban J connectivity index is 1.34. The molecule has 0 bridgehead atoms. The van der Waals surface area contributed by atoms with Crippen LogP contribution in [-0.4, -0.2) is 71.3 Å². The van der Waals surface area contributed by atoms with Gasteiger partial charge in [0.15, 0.2) is 0 Å². The molecule has 1 aromatic heterocycles. The summed E-state index contributed by atoms with van der Waals surface area (Å²) in [7, 11) is -3.39. The molecule has 31 heavy (non-hydrogen) atoms. The first-order valence-electron chi connectivity index (χ1n) is 9.97. The molecule has 2 aromatic rings. The molecule has 1 aliphatic carbocycles. The maximum atomic E-state index is 13.0. The number of sulfonamides is 1. The van der Waals surface area contributed by atoms with Gasteiger partial charge in [-0.25, -0.2) is 8.42 Å². The van der Waals surface area contributed by atoms with Gasteiger partial charge in [0.2, 0.25) is 15.9 Å². The van der Waals surface area contributed by atoms with Crippen LogP contribution in [0.2, 0.25) is 0 Å². The molecule has 0 spiro atoms. The second kappa shape index (κ2) is 7.61. The van der Waals surface area contributed by atoms with E-state index in [1.165, 1.54) is 10.4 Å². The van der Waals surface area contributed by atoms with E-state index in [-0.39, 0.29) is 36.7 Å². The van der Waals surface area contributed by atoms with Crippen molar-refractivity contribution in [2.45, 2.75) is 37.1 Å². The van der Waals surface area contributed by atoms with Gasteiger partial charge in [0.05, 0.1) is 24.5 Å². The zero-order chi connectivity index (χ0) is 21.8. The van der Waals surface area contributed by atoms with E-state index < -0.39 is 28.4 Å². The first-order valence-corrected chi connectivity index (χ1v) is 11.5. The van der Waals surface area contributed by atoms with E-state index in [0.29, 0.717) is 37.1 Å².